The largest absolute Gasteiger partial charge is 0.477 e. The molecule has 0 spiro atoms. The van der Waals surface area contributed by atoms with Crippen LogP contribution in [0.25, 0.3) is 0 Å². The van der Waals surface area contributed by atoms with Crippen molar-refractivity contribution >= 4 is 5.91 Å². The molecule has 2 aromatic rings. The Labute approximate surface area is 145 Å². The van der Waals surface area contributed by atoms with Crippen LogP contribution in [0.4, 0.5) is 0 Å². The number of hydrogen-bond acceptors (Lipinski definition) is 6. The van der Waals surface area contributed by atoms with Crippen LogP contribution in [0, 0.1) is 0 Å². The fourth-order valence-corrected chi connectivity index (χ4v) is 2.76. The Bertz CT molecular complexity index is 732. The van der Waals surface area contributed by atoms with Gasteiger partial charge in [-0.1, -0.05) is 6.42 Å². The first-order valence-electron chi connectivity index (χ1n) is 8.46. The molecule has 134 valence electrons. The predicted molar refractivity (Wildman–Crippen MR) is 90.2 cm³/mol. The quantitative estimate of drug-likeness (QED) is 0.824. The van der Waals surface area contributed by atoms with E-state index in [9.17, 15) is 9.59 Å². The first kappa shape index (κ1) is 17.3. The van der Waals surface area contributed by atoms with E-state index in [4.69, 9.17) is 13.6 Å². The van der Waals surface area contributed by atoms with E-state index in [0.29, 0.717) is 18.1 Å². The van der Waals surface area contributed by atoms with Crippen molar-refractivity contribution in [1.29, 1.82) is 0 Å². The summed E-state index contributed by atoms with van der Waals surface area (Å²) in [6.07, 6.45) is 6.43. The average Bonchev–Trinajstić information content (AvgIpc) is 3.14. The summed E-state index contributed by atoms with van der Waals surface area (Å²) in [5.74, 6) is 0.959. The van der Waals surface area contributed by atoms with Gasteiger partial charge in [-0.25, -0.2) is 0 Å². The van der Waals surface area contributed by atoms with E-state index < -0.39 is 0 Å². The second-order valence-corrected chi connectivity index (χ2v) is 6.06. The summed E-state index contributed by atoms with van der Waals surface area (Å²) >= 11 is 0. The Morgan fingerprint density at radius 3 is 2.76 bits per heavy atom. The molecular weight excluding hydrogens is 324 g/mol. The van der Waals surface area contributed by atoms with Crippen LogP contribution >= 0.6 is 0 Å². The number of piperidine rings is 1. The van der Waals surface area contributed by atoms with Crippen LogP contribution in [-0.2, 0) is 17.9 Å². The standard InChI is InChI=1S/C18H22N2O5/c21-16-9-15(11-20-6-2-1-3-7-20)24-12-17(16)25-13-18(22)19-10-14-5-4-8-23-14/h4-5,8-9,12H,1-3,6-7,10-11,13H2,(H,19,22). The zero-order valence-electron chi connectivity index (χ0n) is 14.0. The maximum absolute atomic E-state index is 12.1. The number of carbonyl (C=O) groups excluding carboxylic acids is 1. The number of carbonyl (C=O) groups is 1. The zero-order chi connectivity index (χ0) is 17.5. The lowest BCUT2D eigenvalue weighted by atomic mass is 10.1. The van der Waals surface area contributed by atoms with Crippen molar-refractivity contribution in [3.05, 3.63) is 52.5 Å². The normalized spacial score (nSPS) is 15.0. The maximum atomic E-state index is 12.1. The number of ether oxygens (including phenoxy) is 1. The molecule has 0 atom stereocenters. The molecule has 7 nitrogen and oxygen atoms in total. The lowest BCUT2D eigenvalue weighted by Crippen LogP contribution is -2.30. The summed E-state index contributed by atoms with van der Waals surface area (Å²) in [5, 5.41) is 2.64. The number of amides is 1. The summed E-state index contributed by atoms with van der Waals surface area (Å²) in [6, 6.07) is 4.94. The first-order valence-corrected chi connectivity index (χ1v) is 8.46. The van der Waals surface area contributed by atoms with Crippen LogP contribution in [0.3, 0.4) is 0 Å². The Hall–Kier alpha value is -2.54. The van der Waals surface area contributed by atoms with Gasteiger partial charge in [0.25, 0.3) is 5.91 Å². The van der Waals surface area contributed by atoms with Crippen molar-refractivity contribution in [3.8, 4) is 5.75 Å². The SMILES string of the molecule is O=C(COc1coc(CN2CCCCC2)cc1=O)NCc1ccco1. The Kier molecular flexibility index (Phi) is 5.90. The third-order valence-electron chi connectivity index (χ3n) is 4.08. The number of furan rings is 1. The van der Waals surface area contributed by atoms with Crippen molar-refractivity contribution in [2.45, 2.75) is 32.4 Å². The number of likely N-dealkylation sites (tertiary alicyclic amines) is 1. The van der Waals surface area contributed by atoms with Gasteiger partial charge in [-0.3, -0.25) is 14.5 Å². The van der Waals surface area contributed by atoms with Gasteiger partial charge < -0.3 is 18.9 Å². The molecule has 7 heteroatoms. The molecule has 0 bridgehead atoms. The molecule has 1 aliphatic rings. The van der Waals surface area contributed by atoms with E-state index in [-0.39, 0.29) is 30.2 Å². The molecule has 1 N–H and O–H groups in total. The smallest absolute Gasteiger partial charge is 0.258 e. The molecule has 0 saturated carbocycles. The zero-order valence-corrected chi connectivity index (χ0v) is 14.0. The van der Waals surface area contributed by atoms with Crippen molar-refractivity contribution in [2.24, 2.45) is 0 Å². The van der Waals surface area contributed by atoms with Crippen LogP contribution < -0.4 is 15.5 Å². The summed E-state index contributed by atoms with van der Waals surface area (Å²) in [6.45, 7) is 2.70. The summed E-state index contributed by atoms with van der Waals surface area (Å²) in [5.41, 5.74) is -0.280. The molecule has 3 rings (SSSR count). The van der Waals surface area contributed by atoms with Crippen LogP contribution in [0.15, 0.2) is 44.4 Å². The van der Waals surface area contributed by atoms with Gasteiger partial charge in [0.1, 0.15) is 17.8 Å². The molecule has 0 radical (unpaired) electrons. The van der Waals surface area contributed by atoms with Crippen molar-refractivity contribution < 1.29 is 18.4 Å². The number of hydrogen-bond donors (Lipinski definition) is 1. The van der Waals surface area contributed by atoms with E-state index in [1.54, 1.807) is 12.1 Å². The van der Waals surface area contributed by atoms with Crippen molar-refractivity contribution in [1.82, 2.24) is 10.2 Å². The van der Waals surface area contributed by atoms with Gasteiger partial charge in [0.05, 0.1) is 19.4 Å². The molecule has 1 saturated heterocycles. The van der Waals surface area contributed by atoms with Crippen LogP contribution in [0.2, 0.25) is 0 Å². The van der Waals surface area contributed by atoms with Crippen LogP contribution in [0.1, 0.15) is 30.8 Å². The van der Waals surface area contributed by atoms with Gasteiger partial charge in [0.2, 0.25) is 11.2 Å². The molecule has 2 aromatic heterocycles. The van der Waals surface area contributed by atoms with E-state index in [2.05, 4.69) is 10.2 Å². The highest BCUT2D eigenvalue weighted by molar-refractivity contribution is 5.77. The highest BCUT2D eigenvalue weighted by Crippen LogP contribution is 2.13. The Morgan fingerprint density at radius 1 is 1.20 bits per heavy atom. The van der Waals surface area contributed by atoms with Crippen LogP contribution in [0.5, 0.6) is 5.75 Å². The van der Waals surface area contributed by atoms with E-state index in [1.165, 1.54) is 37.9 Å². The minimum Gasteiger partial charge on any atom is -0.477 e. The molecule has 25 heavy (non-hydrogen) atoms. The van der Waals surface area contributed by atoms with E-state index >= 15 is 0 Å². The summed E-state index contributed by atoms with van der Waals surface area (Å²) < 4.78 is 15.8. The topological polar surface area (TPSA) is 84.9 Å². The van der Waals surface area contributed by atoms with Crippen molar-refractivity contribution in [3.63, 3.8) is 0 Å². The second-order valence-electron chi connectivity index (χ2n) is 6.06. The molecule has 0 aliphatic carbocycles. The summed E-state index contributed by atoms with van der Waals surface area (Å²) in [4.78, 5) is 26.1. The van der Waals surface area contributed by atoms with Gasteiger partial charge in [0.15, 0.2) is 6.61 Å². The maximum Gasteiger partial charge on any atom is 0.258 e. The average molecular weight is 346 g/mol. The van der Waals surface area contributed by atoms with Crippen LogP contribution in [-0.4, -0.2) is 30.5 Å². The van der Waals surface area contributed by atoms with Gasteiger partial charge >= 0.3 is 0 Å². The number of rotatable bonds is 7. The molecule has 1 fully saturated rings. The summed E-state index contributed by atoms with van der Waals surface area (Å²) in [7, 11) is 0. The first-order chi connectivity index (χ1) is 12.2. The fraction of sp³-hybridized carbons (Fsp3) is 0.444. The second kappa shape index (κ2) is 8.53. The molecule has 1 aliphatic heterocycles. The Morgan fingerprint density at radius 2 is 2.04 bits per heavy atom. The highest BCUT2D eigenvalue weighted by atomic mass is 16.5. The van der Waals surface area contributed by atoms with E-state index in [1.807, 2.05) is 0 Å². The predicted octanol–water partition coefficient (Wildman–Crippen LogP) is 1.91. The van der Waals surface area contributed by atoms with Gasteiger partial charge in [-0.05, 0) is 38.1 Å². The molecule has 3 heterocycles. The minimum atomic E-state index is -0.340. The lowest BCUT2D eigenvalue weighted by molar-refractivity contribution is -0.123. The van der Waals surface area contributed by atoms with Gasteiger partial charge in [-0.15, -0.1) is 0 Å². The minimum absolute atomic E-state index is 0.0375. The van der Waals surface area contributed by atoms with Gasteiger partial charge in [0, 0.05) is 6.07 Å². The molecule has 0 aromatic carbocycles. The van der Waals surface area contributed by atoms with Crippen molar-refractivity contribution in [2.75, 3.05) is 19.7 Å². The van der Waals surface area contributed by atoms with Gasteiger partial charge in [-0.2, -0.15) is 0 Å². The molecule has 1 amide bonds. The monoisotopic (exact) mass is 346 g/mol. The fourth-order valence-electron chi connectivity index (χ4n) is 2.76. The highest BCUT2D eigenvalue weighted by Gasteiger charge is 2.13. The lowest BCUT2D eigenvalue weighted by Gasteiger charge is -2.25. The molecule has 0 unspecified atom stereocenters. The third kappa shape index (κ3) is 5.22. The molecular formula is C18H22N2O5. The Balaban J connectivity index is 1.47. The number of nitrogens with zero attached hydrogens (tertiary/aromatic N) is 1. The van der Waals surface area contributed by atoms with E-state index in [0.717, 1.165) is 13.1 Å². The third-order valence-corrected chi connectivity index (χ3v) is 4.08. The number of nitrogens with one attached hydrogen (secondary N) is 1.